The summed E-state index contributed by atoms with van der Waals surface area (Å²) < 4.78 is 11.9. The van der Waals surface area contributed by atoms with Gasteiger partial charge in [0.1, 0.15) is 0 Å². The van der Waals surface area contributed by atoms with Gasteiger partial charge in [-0.25, -0.2) is 0 Å². The fourth-order valence-electron chi connectivity index (χ4n) is 1.73. The summed E-state index contributed by atoms with van der Waals surface area (Å²) in [6, 6.07) is 0. The second-order valence-electron chi connectivity index (χ2n) is 4.58. The maximum atomic E-state index is 5.95. The van der Waals surface area contributed by atoms with Crippen molar-refractivity contribution in [2.24, 2.45) is 0 Å². The van der Waals surface area contributed by atoms with Crippen LogP contribution in [-0.2, 0) is 0 Å². The Hall–Kier alpha value is -0.960. The zero-order valence-corrected chi connectivity index (χ0v) is 13.4. The summed E-state index contributed by atoms with van der Waals surface area (Å²) in [6.45, 7) is 10.0. The van der Waals surface area contributed by atoms with Crippen LogP contribution in [-0.4, -0.2) is 13.2 Å². The third kappa shape index (κ3) is 4.90. The van der Waals surface area contributed by atoms with Gasteiger partial charge in [0.05, 0.1) is 18.1 Å². The van der Waals surface area contributed by atoms with E-state index in [0.29, 0.717) is 0 Å². The van der Waals surface area contributed by atoms with E-state index in [4.69, 9.17) is 9.47 Å². The summed E-state index contributed by atoms with van der Waals surface area (Å²) in [5, 5.41) is 0. The Labute approximate surface area is 121 Å². The van der Waals surface area contributed by atoms with Gasteiger partial charge in [0.2, 0.25) is 0 Å². The predicted molar refractivity (Wildman–Crippen MR) is 84.6 cm³/mol. The molecule has 0 saturated heterocycles. The summed E-state index contributed by atoms with van der Waals surface area (Å²) in [4.78, 5) is 2.37. The highest BCUT2D eigenvalue weighted by Crippen LogP contribution is 2.42. The molecule has 0 amide bonds. The lowest BCUT2D eigenvalue weighted by atomic mass is 10.3. The molecule has 1 aromatic heterocycles. The van der Waals surface area contributed by atoms with Gasteiger partial charge in [-0.1, -0.05) is 32.8 Å². The van der Waals surface area contributed by atoms with Crippen LogP contribution >= 0.6 is 11.3 Å². The van der Waals surface area contributed by atoms with Crippen molar-refractivity contribution in [3.05, 3.63) is 15.8 Å². The van der Waals surface area contributed by atoms with Gasteiger partial charge in [0, 0.05) is 4.88 Å². The molecule has 1 heterocycles. The molecule has 0 spiro atoms. The standard InChI is InChI=1S/C16H26O2S/c1-5-8-11-17-15-13(4)19-14(10-7-3)16(15)18-12-9-6-2/h7,10H,5-6,8-9,11-12H2,1-4H3. The zero-order valence-electron chi connectivity index (χ0n) is 12.6. The summed E-state index contributed by atoms with van der Waals surface area (Å²) in [5.74, 6) is 1.88. The molecule has 3 heteroatoms. The van der Waals surface area contributed by atoms with Crippen LogP contribution in [0.25, 0.3) is 6.08 Å². The summed E-state index contributed by atoms with van der Waals surface area (Å²) >= 11 is 1.74. The van der Waals surface area contributed by atoms with Crippen molar-refractivity contribution in [3.63, 3.8) is 0 Å². The fourth-order valence-corrected chi connectivity index (χ4v) is 2.75. The minimum atomic E-state index is 0.765. The van der Waals surface area contributed by atoms with Gasteiger partial charge < -0.3 is 9.47 Å². The molecule has 0 N–H and O–H groups in total. The van der Waals surface area contributed by atoms with E-state index in [1.54, 1.807) is 11.3 Å². The molecule has 0 atom stereocenters. The first-order valence-electron chi connectivity index (χ1n) is 7.26. The summed E-state index contributed by atoms with van der Waals surface area (Å²) in [5.41, 5.74) is 0. The first-order chi connectivity index (χ1) is 9.24. The lowest BCUT2D eigenvalue weighted by Gasteiger charge is -2.10. The van der Waals surface area contributed by atoms with Gasteiger partial charge in [-0.05, 0) is 32.8 Å². The van der Waals surface area contributed by atoms with Crippen molar-refractivity contribution in [1.82, 2.24) is 0 Å². The van der Waals surface area contributed by atoms with Crippen LogP contribution in [0.2, 0.25) is 0 Å². The van der Waals surface area contributed by atoms with E-state index >= 15 is 0 Å². The highest BCUT2D eigenvalue weighted by molar-refractivity contribution is 7.13. The van der Waals surface area contributed by atoms with Crippen molar-refractivity contribution in [1.29, 1.82) is 0 Å². The highest BCUT2D eigenvalue weighted by atomic mass is 32.1. The first-order valence-corrected chi connectivity index (χ1v) is 8.07. The lowest BCUT2D eigenvalue weighted by molar-refractivity contribution is 0.262. The minimum absolute atomic E-state index is 0.765. The number of thiophene rings is 1. The number of rotatable bonds is 9. The quantitative estimate of drug-likeness (QED) is 0.561. The van der Waals surface area contributed by atoms with Gasteiger partial charge in [-0.2, -0.15) is 0 Å². The van der Waals surface area contributed by atoms with Crippen LogP contribution in [0.3, 0.4) is 0 Å². The van der Waals surface area contributed by atoms with Crippen molar-refractivity contribution < 1.29 is 9.47 Å². The predicted octanol–water partition coefficient (Wildman–Crippen LogP) is 5.45. The first kappa shape index (κ1) is 16.1. The molecule has 108 valence electrons. The average molecular weight is 282 g/mol. The van der Waals surface area contributed by atoms with E-state index in [1.807, 2.05) is 13.0 Å². The number of ether oxygens (including phenoxy) is 2. The van der Waals surface area contributed by atoms with Crippen LogP contribution in [0.5, 0.6) is 11.5 Å². The molecule has 0 aliphatic rings. The Balaban J connectivity index is 2.84. The van der Waals surface area contributed by atoms with Gasteiger partial charge in [0.25, 0.3) is 0 Å². The van der Waals surface area contributed by atoms with Crippen LogP contribution in [0.1, 0.15) is 56.2 Å². The van der Waals surface area contributed by atoms with Gasteiger partial charge in [0.15, 0.2) is 11.5 Å². The molecule has 0 fully saturated rings. The topological polar surface area (TPSA) is 18.5 Å². The Morgan fingerprint density at radius 1 is 1.00 bits per heavy atom. The second-order valence-corrected chi connectivity index (χ2v) is 5.84. The Kier molecular flexibility index (Phi) is 7.65. The molecule has 0 radical (unpaired) electrons. The van der Waals surface area contributed by atoms with Crippen LogP contribution in [0.15, 0.2) is 6.08 Å². The number of allylic oxidation sites excluding steroid dienone is 1. The second kappa shape index (κ2) is 9.03. The van der Waals surface area contributed by atoms with E-state index in [-0.39, 0.29) is 0 Å². The third-order valence-corrected chi connectivity index (χ3v) is 3.85. The normalized spacial score (nSPS) is 11.2. The lowest BCUT2D eigenvalue weighted by Crippen LogP contribution is -2.01. The van der Waals surface area contributed by atoms with Crippen LogP contribution < -0.4 is 9.47 Å². The SMILES string of the molecule is CC=Cc1sc(C)c(OCCCC)c1OCCCC. The smallest absolute Gasteiger partial charge is 0.179 e. The molecule has 1 aromatic rings. The Bertz CT molecular complexity index is 394. The number of aryl methyl sites for hydroxylation is 1. The Morgan fingerprint density at radius 3 is 2.11 bits per heavy atom. The van der Waals surface area contributed by atoms with E-state index < -0.39 is 0 Å². The van der Waals surface area contributed by atoms with Crippen molar-refractivity contribution in [2.75, 3.05) is 13.2 Å². The summed E-state index contributed by atoms with van der Waals surface area (Å²) in [7, 11) is 0. The van der Waals surface area contributed by atoms with Crippen molar-refractivity contribution in [2.45, 2.75) is 53.4 Å². The molecule has 0 aliphatic carbocycles. The molecule has 0 aromatic carbocycles. The molecule has 0 bridgehead atoms. The zero-order chi connectivity index (χ0) is 14.1. The Morgan fingerprint density at radius 2 is 1.58 bits per heavy atom. The monoisotopic (exact) mass is 282 g/mol. The number of hydrogen-bond acceptors (Lipinski definition) is 3. The number of unbranched alkanes of at least 4 members (excludes halogenated alkanes) is 2. The maximum absolute atomic E-state index is 5.95. The molecule has 1 rings (SSSR count). The largest absolute Gasteiger partial charge is 0.489 e. The average Bonchev–Trinajstić information content (AvgIpc) is 2.68. The molecular weight excluding hydrogens is 256 g/mol. The van der Waals surface area contributed by atoms with Crippen molar-refractivity contribution in [3.8, 4) is 11.5 Å². The van der Waals surface area contributed by atoms with Crippen molar-refractivity contribution >= 4 is 17.4 Å². The van der Waals surface area contributed by atoms with E-state index in [0.717, 1.165) is 50.4 Å². The van der Waals surface area contributed by atoms with E-state index in [9.17, 15) is 0 Å². The third-order valence-electron chi connectivity index (χ3n) is 2.82. The van der Waals surface area contributed by atoms with E-state index in [1.165, 1.54) is 9.75 Å². The van der Waals surface area contributed by atoms with E-state index in [2.05, 4.69) is 26.8 Å². The van der Waals surface area contributed by atoms with Crippen LogP contribution in [0, 0.1) is 6.92 Å². The molecule has 0 unspecified atom stereocenters. The summed E-state index contributed by atoms with van der Waals surface area (Å²) in [6.07, 6.45) is 8.62. The van der Waals surface area contributed by atoms with Crippen LogP contribution in [0.4, 0.5) is 0 Å². The molecule has 19 heavy (non-hydrogen) atoms. The molecule has 2 nitrogen and oxygen atoms in total. The molecule has 0 aliphatic heterocycles. The minimum Gasteiger partial charge on any atom is -0.489 e. The maximum Gasteiger partial charge on any atom is 0.179 e. The highest BCUT2D eigenvalue weighted by Gasteiger charge is 2.17. The van der Waals surface area contributed by atoms with Gasteiger partial charge in [-0.3, -0.25) is 0 Å². The number of hydrogen-bond donors (Lipinski definition) is 0. The van der Waals surface area contributed by atoms with Gasteiger partial charge in [-0.15, -0.1) is 11.3 Å². The molecular formula is C16H26O2S. The molecule has 0 saturated carbocycles. The van der Waals surface area contributed by atoms with Gasteiger partial charge >= 0.3 is 0 Å². The fraction of sp³-hybridized carbons (Fsp3) is 0.625.